The van der Waals surface area contributed by atoms with E-state index in [1.165, 1.54) is 32.4 Å². The van der Waals surface area contributed by atoms with E-state index >= 15 is 0 Å². The maximum atomic E-state index is 12.2. The molecule has 3 rings (SSSR count). The second-order valence-electron chi connectivity index (χ2n) is 6.68. The van der Waals surface area contributed by atoms with Crippen LogP contribution >= 0.6 is 0 Å². The second kappa shape index (κ2) is 5.70. The molecule has 2 amide bonds. The zero-order chi connectivity index (χ0) is 13.2. The number of piperidine rings is 2. The van der Waals surface area contributed by atoms with Crippen LogP contribution in [0, 0.1) is 5.92 Å². The fourth-order valence-corrected chi connectivity index (χ4v) is 3.49. The van der Waals surface area contributed by atoms with Crippen LogP contribution < -0.4 is 5.32 Å². The lowest BCUT2D eigenvalue weighted by atomic mass is 10.0. The lowest BCUT2D eigenvalue weighted by Crippen LogP contribution is -2.51. The van der Waals surface area contributed by atoms with Gasteiger partial charge in [0.2, 0.25) is 0 Å². The van der Waals surface area contributed by atoms with Crippen LogP contribution in [0.3, 0.4) is 0 Å². The summed E-state index contributed by atoms with van der Waals surface area (Å²) in [6.45, 7) is 6.47. The molecular formula is C15H27N3O. The quantitative estimate of drug-likeness (QED) is 0.829. The summed E-state index contributed by atoms with van der Waals surface area (Å²) in [5.41, 5.74) is 0. The smallest absolute Gasteiger partial charge is 0.317 e. The van der Waals surface area contributed by atoms with Crippen molar-refractivity contribution in [1.29, 1.82) is 0 Å². The first-order valence-corrected chi connectivity index (χ1v) is 8.02. The highest BCUT2D eigenvalue weighted by Crippen LogP contribution is 2.29. The normalized spacial score (nSPS) is 30.4. The minimum absolute atomic E-state index is 0.177. The highest BCUT2D eigenvalue weighted by Gasteiger charge is 2.32. The zero-order valence-corrected chi connectivity index (χ0v) is 12.1. The van der Waals surface area contributed by atoms with Gasteiger partial charge in [-0.3, -0.25) is 0 Å². The number of rotatable bonds is 2. The molecule has 4 heteroatoms. The lowest BCUT2D eigenvalue weighted by Gasteiger charge is -2.35. The van der Waals surface area contributed by atoms with Gasteiger partial charge in [-0.1, -0.05) is 6.92 Å². The van der Waals surface area contributed by atoms with E-state index in [1.54, 1.807) is 0 Å². The first-order valence-electron chi connectivity index (χ1n) is 8.02. The van der Waals surface area contributed by atoms with Gasteiger partial charge in [0.1, 0.15) is 0 Å². The average Bonchev–Trinajstić information content (AvgIpc) is 3.24. The summed E-state index contributed by atoms with van der Waals surface area (Å²) in [6, 6.07) is 1.45. The van der Waals surface area contributed by atoms with Gasteiger partial charge in [0.05, 0.1) is 0 Å². The Morgan fingerprint density at radius 3 is 2.42 bits per heavy atom. The summed E-state index contributed by atoms with van der Waals surface area (Å²) in [5, 5.41) is 3.25. The van der Waals surface area contributed by atoms with Crippen molar-refractivity contribution in [3.8, 4) is 0 Å². The first kappa shape index (κ1) is 13.2. The van der Waals surface area contributed by atoms with E-state index in [4.69, 9.17) is 0 Å². The molecular weight excluding hydrogens is 238 g/mol. The van der Waals surface area contributed by atoms with Gasteiger partial charge < -0.3 is 15.1 Å². The minimum atomic E-state index is 0.177. The van der Waals surface area contributed by atoms with Crippen molar-refractivity contribution < 1.29 is 4.79 Å². The topological polar surface area (TPSA) is 35.6 Å². The standard InChI is InChI=1S/C15H27N3O/c1-12-3-2-8-18(11-12)15(19)16-13-6-9-17(10-7-13)14-4-5-14/h12-14H,2-11H2,1H3,(H,16,19). The number of urea groups is 1. The second-order valence-corrected chi connectivity index (χ2v) is 6.68. The summed E-state index contributed by atoms with van der Waals surface area (Å²) in [4.78, 5) is 16.9. The van der Waals surface area contributed by atoms with Crippen molar-refractivity contribution in [2.75, 3.05) is 26.2 Å². The molecule has 108 valence electrons. The molecule has 0 spiro atoms. The van der Waals surface area contributed by atoms with Gasteiger partial charge in [-0.15, -0.1) is 0 Å². The molecule has 1 atom stereocenters. The van der Waals surface area contributed by atoms with Crippen LogP contribution in [-0.2, 0) is 0 Å². The Kier molecular flexibility index (Phi) is 3.96. The molecule has 3 fully saturated rings. The Hall–Kier alpha value is -0.770. The molecule has 2 aliphatic heterocycles. The molecule has 0 aromatic carbocycles. The van der Waals surface area contributed by atoms with E-state index in [-0.39, 0.29) is 6.03 Å². The Labute approximate surface area is 116 Å². The molecule has 0 bridgehead atoms. The van der Waals surface area contributed by atoms with Crippen LogP contribution in [0.1, 0.15) is 45.4 Å². The highest BCUT2D eigenvalue weighted by atomic mass is 16.2. The zero-order valence-electron chi connectivity index (χ0n) is 12.1. The summed E-state index contributed by atoms with van der Waals surface area (Å²) in [7, 11) is 0. The van der Waals surface area contributed by atoms with E-state index in [1.807, 2.05) is 4.90 Å². The monoisotopic (exact) mass is 265 g/mol. The predicted molar refractivity (Wildman–Crippen MR) is 76.1 cm³/mol. The SMILES string of the molecule is CC1CCCN(C(=O)NC2CCN(C3CC3)CC2)C1. The summed E-state index contributed by atoms with van der Waals surface area (Å²) in [5.74, 6) is 0.663. The maximum absolute atomic E-state index is 12.2. The predicted octanol–water partition coefficient (Wildman–Crippen LogP) is 2.05. The molecule has 4 nitrogen and oxygen atoms in total. The van der Waals surface area contributed by atoms with Crippen molar-refractivity contribution in [1.82, 2.24) is 15.1 Å². The Morgan fingerprint density at radius 2 is 1.79 bits per heavy atom. The number of carbonyl (C=O) groups is 1. The number of likely N-dealkylation sites (tertiary alicyclic amines) is 2. The van der Waals surface area contributed by atoms with Gasteiger partial charge in [-0.05, 0) is 44.4 Å². The van der Waals surface area contributed by atoms with Crippen LogP contribution in [0.15, 0.2) is 0 Å². The third-order valence-corrected chi connectivity index (χ3v) is 4.86. The molecule has 0 aromatic rings. The number of amides is 2. The van der Waals surface area contributed by atoms with Gasteiger partial charge in [0.15, 0.2) is 0 Å². The molecule has 3 aliphatic rings. The highest BCUT2D eigenvalue weighted by molar-refractivity contribution is 5.74. The molecule has 1 aliphatic carbocycles. The number of nitrogens with one attached hydrogen (secondary N) is 1. The number of carbonyl (C=O) groups excluding carboxylic acids is 1. The minimum Gasteiger partial charge on any atom is -0.335 e. The fourth-order valence-electron chi connectivity index (χ4n) is 3.49. The summed E-state index contributed by atoms with van der Waals surface area (Å²) < 4.78 is 0. The molecule has 2 heterocycles. The Balaban J connectivity index is 1.42. The van der Waals surface area contributed by atoms with Crippen molar-refractivity contribution in [3.63, 3.8) is 0 Å². The number of hydrogen-bond donors (Lipinski definition) is 1. The van der Waals surface area contributed by atoms with E-state index in [0.29, 0.717) is 12.0 Å². The van der Waals surface area contributed by atoms with Gasteiger partial charge in [0, 0.05) is 38.3 Å². The van der Waals surface area contributed by atoms with Gasteiger partial charge in [-0.2, -0.15) is 0 Å². The van der Waals surface area contributed by atoms with Crippen LogP contribution in [-0.4, -0.2) is 54.1 Å². The van der Waals surface area contributed by atoms with E-state index in [0.717, 1.165) is 38.4 Å². The molecule has 1 N–H and O–H groups in total. The summed E-state index contributed by atoms with van der Waals surface area (Å²) in [6.07, 6.45) is 7.47. The van der Waals surface area contributed by atoms with Crippen molar-refractivity contribution >= 4 is 6.03 Å². The average molecular weight is 265 g/mol. The molecule has 1 unspecified atom stereocenters. The summed E-state index contributed by atoms with van der Waals surface area (Å²) >= 11 is 0. The van der Waals surface area contributed by atoms with E-state index in [2.05, 4.69) is 17.1 Å². The third kappa shape index (κ3) is 3.41. The first-order chi connectivity index (χ1) is 9.22. The van der Waals surface area contributed by atoms with Crippen molar-refractivity contribution in [2.45, 2.75) is 57.5 Å². The molecule has 0 aromatic heterocycles. The van der Waals surface area contributed by atoms with Crippen LogP contribution in [0.2, 0.25) is 0 Å². The van der Waals surface area contributed by atoms with Crippen LogP contribution in [0.4, 0.5) is 4.79 Å². The molecule has 2 saturated heterocycles. The molecule has 0 radical (unpaired) electrons. The maximum Gasteiger partial charge on any atom is 0.317 e. The Bertz CT molecular complexity index is 321. The van der Waals surface area contributed by atoms with Gasteiger partial charge in [-0.25, -0.2) is 4.79 Å². The number of nitrogens with zero attached hydrogens (tertiary/aromatic N) is 2. The fraction of sp³-hybridized carbons (Fsp3) is 0.933. The largest absolute Gasteiger partial charge is 0.335 e. The van der Waals surface area contributed by atoms with E-state index in [9.17, 15) is 4.79 Å². The lowest BCUT2D eigenvalue weighted by molar-refractivity contribution is 0.152. The van der Waals surface area contributed by atoms with Crippen LogP contribution in [0.5, 0.6) is 0 Å². The van der Waals surface area contributed by atoms with Gasteiger partial charge in [0.25, 0.3) is 0 Å². The van der Waals surface area contributed by atoms with E-state index < -0.39 is 0 Å². The molecule has 1 saturated carbocycles. The molecule has 19 heavy (non-hydrogen) atoms. The third-order valence-electron chi connectivity index (χ3n) is 4.86. The van der Waals surface area contributed by atoms with Gasteiger partial charge >= 0.3 is 6.03 Å². The van der Waals surface area contributed by atoms with Crippen molar-refractivity contribution in [2.24, 2.45) is 5.92 Å². The van der Waals surface area contributed by atoms with Crippen LogP contribution in [0.25, 0.3) is 0 Å². The number of hydrogen-bond acceptors (Lipinski definition) is 2. The Morgan fingerprint density at radius 1 is 1.05 bits per heavy atom. The van der Waals surface area contributed by atoms with Crippen molar-refractivity contribution in [3.05, 3.63) is 0 Å².